The van der Waals surface area contributed by atoms with Crippen molar-refractivity contribution in [3.05, 3.63) is 99.0 Å². The van der Waals surface area contributed by atoms with Crippen molar-refractivity contribution in [3.8, 4) is 5.75 Å². The Labute approximate surface area is 193 Å². The minimum atomic E-state index is -0.450. The van der Waals surface area contributed by atoms with Gasteiger partial charge in [-0.3, -0.25) is 9.59 Å². The zero-order valence-electron chi connectivity index (χ0n) is 16.3. The lowest BCUT2D eigenvalue weighted by molar-refractivity contribution is -0.120. The van der Waals surface area contributed by atoms with Gasteiger partial charge < -0.3 is 10.1 Å². The first-order chi connectivity index (χ1) is 15.0. The van der Waals surface area contributed by atoms with Crippen molar-refractivity contribution < 1.29 is 14.3 Å². The zero-order valence-corrected chi connectivity index (χ0v) is 18.7. The Hall–Kier alpha value is -3.16. The molecule has 2 amide bonds. The number of ether oxygens (including phenoxy) is 1. The van der Waals surface area contributed by atoms with Crippen LogP contribution in [-0.2, 0) is 11.4 Å². The molecule has 0 saturated heterocycles. The highest BCUT2D eigenvalue weighted by Crippen LogP contribution is 2.16. The van der Waals surface area contributed by atoms with Gasteiger partial charge in [-0.05, 0) is 53.6 Å². The fourth-order valence-electron chi connectivity index (χ4n) is 2.59. The lowest BCUT2D eigenvalue weighted by atomic mass is 10.2. The number of amides is 2. The van der Waals surface area contributed by atoms with E-state index < -0.39 is 11.8 Å². The van der Waals surface area contributed by atoms with E-state index in [4.69, 9.17) is 16.3 Å². The molecule has 0 bridgehead atoms. The van der Waals surface area contributed by atoms with Crippen molar-refractivity contribution in [1.82, 2.24) is 10.7 Å². The van der Waals surface area contributed by atoms with E-state index in [1.165, 1.54) is 12.3 Å². The number of nitrogens with one attached hydrogen (secondary N) is 2. The SMILES string of the molecule is O=C(CNC(=O)c1cccc(Cl)c1)N/N=C/c1cccc(OCc2cccc(Br)c2)c1. The van der Waals surface area contributed by atoms with E-state index in [0.717, 1.165) is 15.6 Å². The van der Waals surface area contributed by atoms with Crippen LogP contribution in [0.3, 0.4) is 0 Å². The van der Waals surface area contributed by atoms with Gasteiger partial charge in [0, 0.05) is 15.1 Å². The second-order valence-electron chi connectivity index (χ2n) is 6.48. The highest BCUT2D eigenvalue weighted by molar-refractivity contribution is 9.10. The Bertz CT molecular complexity index is 1100. The van der Waals surface area contributed by atoms with Crippen molar-refractivity contribution in [1.29, 1.82) is 0 Å². The average molecular weight is 501 g/mol. The summed E-state index contributed by atoms with van der Waals surface area (Å²) in [6.45, 7) is 0.224. The van der Waals surface area contributed by atoms with Gasteiger partial charge in [-0.2, -0.15) is 5.10 Å². The summed E-state index contributed by atoms with van der Waals surface area (Å²) >= 11 is 9.30. The quantitative estimate of drug-likeness (QED) is 0.351. The molecule has 6 nitrogen and oxygen atoms in total. The van der Waals surface area contributed by atoms with E-state index in [2.05, 4.69) is 31.8 Å². The predicted molar refractivity (Wildman–Crippen MR) is 124 cm³/mol. The largest absolute Gasteiger partial charge is 0.489 e. The fraction of sp³-hybridized carbons (Fsp3) is 0.0870. The van der Waals surface area contributed by atoms with Crippen LogP contribution in [0.15, 0.2) is 82.4 Å². The van der Waals surface area contributed by atoms with Gasteiger partial charge >= 0.3 is 0 Å². The molecule has 3 rings (SSSR count). The van der Waals surface area contributed by atoms with Crippen LogP contribution in [0.25, 0.3) is 0 Å². The predicted octanol–water partition coefficient (Wildman–Crippen LogP) is 4.56. The third-order valence-corrected chi connectivity index (χ3v) is 4.78. The molecule has 0 fully saturated rings. The maximum atomic E-state index is 12.0. The van der Waals surface area contributed by atoms with Crippen molar-refractivity contribution in [2.24, 2.45) is 5.10 Å². The Morgan fingerprint density at radius 1 is 1.03 bits per heavy atom. The highest BCUT2D eigenvalue weighted by Gasteiger charge is 2.07. The number of carbonyl (C=O) groups is 2. The van der Waals surface area contributed by atoms with Crippen LogP contribution in [0.5, 0.6) is 5.75 Å². The molecule has 0 aliphatic rings. The Kier molecular flexibility index (Phi) is 8.20. The lowest BCUT2D eigenvalue weighted by Gasteiger charge is -2.07. The molecule has 8 heteroatoms. The number of hydrogen-bond donors (Lipinski definition) is 2. The van der Waals surface area contributed by atoms with Crippen LogP contribution in [-0.4, -0.2) is 24.6 Å². The molecule has 0 atom stereocenters. The molecule has 0 spiro atoms. The average Bonchev–Trinajstić information content (AvgIpc) is 2.76. The van der Waals surface area contributed by atoms with E-state index in [-0.39, 0.29) is 6.54 Å². The molecule has 158 valence electrons. The van der Waals surface area contributed by atoms with Gasteiger partial charge in [0.1, 0.15) is 12.4 Å². The molecule has 2 N–H and O–H groups in total. The summed E-state index contributed by atoms with van der Waals surface area (Å²) < 4.78 is 6.80. The number of carbonyl (C=O) groups excluding carboxylic acids is 2. The van der Waals surface area contributed by atoms with E-state index in [0.29, 0.717) is 22.9 Å². The summed E-state index contributed by atoms with van der Waals surface area (Å²) in [5, 5.41) is 6.88. The first kappa shape index (κ1) is 22.5. The molecular formula is C23H19BrClN3O3. The van der Waals surface area contributed by atoms with E-state index in [9.17, 15) is 9.59 Å². The molecule has 0 unspecified atom stereocenters. The molecule has 0 aliphatic carbocycles. The summed E-state index contributed by atoms with van der Waals surface area (Å²) in [6.07, 6.45) is 1.50. The Morgan fingerprint density at radius 2 is 1.84 bits per heavy atom. The molecule has 0 aliphatic heterocycles. The third-order valence-electron chi connectivity index (χ3n) is 4.05. The minimum Gasteiger partial charge on any atom is -0.489 e. The van der Waals surface area contributed by atoms with Gasteiger partial charge in [0.25, 0.3) is 11.8 Å². The maximum absolute atomic E-state index is 12.0. The number of nitrogens with zero attached hydrogens (tertiary/aromatic N) is 1. The van der Waals surface area contributed by atoms with Crippen LogP contribution >= 0.6 is 27.5 Å². The molecule has 0 heterocycles. The second-order valence-corrected chi connectivity index (χ2v) is 7.83. The van der Waals surface area contributed by atoms with Crippen molar-refractivity contribution in [2.75, 3.05) is 6.54 Å². The molecule has 3 aromatic carbocycles. The second kappa shape index (κ2) is 11.3. The molecule has 0 radical (unpaired) electrons. The van der Waals surface area contributed by atoms with E-state index >= 15 is 0 Å². The summed E-state index contributed by atoms with van der Waals surface area (Å²) in [6, 6.07) is 21.7. The molecular weight excluding hydrogens is 482 g/mol. The Morgan fingerprint density at radius 3 is 2.65 bits per heavy atom. The zero-order chi connectivity index (χ0) is 22.1. The van der Waals surface area contributed by atoms with Gasteiger partial charge in [0.05, 0.1) is 12.8 Å². The fourth-order valence-corrected chi connectivity index (χ4v) is 3.23. The molecule has 0 aromatic heterocycles. The van der Waals surface area contributed by atoms with Crippen molar-refractivity contribution >= 4 is 45.6 Å². The number of hydrazone groups is 1. The minimum absolute atomic E-state index is 0.210. The monoisotopic (exact) mass is 499 g/mol. The van der Waals surface area contributed by atoms with Crippen LogP contribution in [0.1, 0.15) is 21.5 Å². The van der Waals surface area contributed by atoms with Gasteiger partial charge in [0.2, 0.25) is 0 Å². The highest BCUT2D eigenvalue weighted by atomic mass is 79.9. The van der Waals surface area contributed by atoms with Crippen LogP contribution < -0.4 is 15.5 Å². The van der Waals surface area contributed by atoms with E-state index in [1.54, 1.807) is 18.2 Å². The Balaban J connectivity index is 1.46. The van der Waals surface area contributed by atoms with Gasteiger partial charge in [0.15, 0.2) is 0 Å². The van der Waals surface area contributed by atoms with Crippen LogP contribution in [0.2, 0.25) is 5.02 Å². The third kappa shape index (κ3) is 7.55. The normalized spacial score (nSPS) is 10.6. The number of rotatable bonds is 8. The summed E-state index contributed by atoms with van der Waals surface area (Å²) in [4.78, 5) is 23.9. The molecule has 3 aromatic rings. The lowest BCUT2D eigenvalue weighted by Crippen LogP contribution is -2.34. The molecule has 31 heavy (non-hydrogen) atoms. The summed E-state index contributed by atoms with van der Waals surface area (Å²) in [5.41, 5.74) is 4.56. The first-order valence-electron chi connectivity index (χ1n) is 9.32. The smallest absolute Gasteiger partial charge is 0.259 e. The first-order valence-corrected chi connectivity index (χ1v) is 10.5. The summed E-state index contributed by atoms with van der Waals surface area (Å²) in [7, 11) is 0. The number of hydrogen-bond acceptors (Lipinski definition) is 4. The van der Waals surface area contributed by atoms with Gasteiger partial charge in [-0.25, -0.2) is 5.43 Å². The maximum Gasteiger partial charge on any atom is 0.259 e. The topological polar surface area (TPSA) is 79.8 Å². The summed E-state index contributed by atoms with van der Waals surface area (Å²) in [5.74, 6) is -0.158. The van der Waals surface area contributed by atoms with Gasteiger partial charge in [-0.15, -0.1) is 0 Å². The number of halogens is 2. The number of benzene rings is 3. The van der Waals surface area contributed by atoms with E-state index in [1.807, 2.05) is 48.5 Å². The van der Waals surface area contributed by atoms with Crippen LogP contribution in [0.4, 0.5) is 0 Å². The van der Waals surface area contributed by atoms with Crippen LogP contribution in [0, 0.1) is 0 Å². The van der Waals surface area contributed by atoms with Crippen molar-refractivity contribution in [3.63, 3.8) is 0 Å². The standard InChI is InChI=1S/C23H19BrClN3O3/c24-19-7-1-5-17(10-19)15-31-21-9-2-4-16(11-21)13-27-28-22(29)14-26-23(30)18-6-3-8-20(25)12-18/h1-13H,14-15H2,(H,26,30)(H,28,29)/b27-13+. The van der Waals surface area contributed by atoms with Crippen molar-refractivity contribution in [2.45, 2.75) is 6.61 Å². The molecule has 0 saturated carbocycles. The van der Waals surface area contributed by atoms with Gasteiger partial charge in [-0.1, -0.05) is 57.9 Å².